The van der Waals surface area contributed by atoms with Crippen molar-refractivity contribution in [1.82, 2.24) is 5.32 Å². The Bertz CT molecular complexity index is 799. The summed E-state index contributed by atoms with van der Waals surface area (Å²) in [7, 11) is 0. The molecule has 0 saturated heterocycles. The number of anilines is 2. The largest absolute Gasteiger partial charge is 0.343 e. The van der Waals surface area contributed by atoms with Gasteiger partial charge >= 0.3 is 11.8 Å². The van der Waals surface area contributed by atoms with E-state index in [0.717, 1.165) is 11.3 Å². The maximum absolute atomic E-state index is 12.0. The summed E-state index contributed by atoms with van der Waals surface area (Å²) in [6.45, 7) is 5.98. The maximum Gasteiger partial charge on any atom is 0.313 e. The minimum absolute atomic E-state index is 0.117. The van der Waals surface area contributed by atoms with Gasteiger partial charge in [0.05, 0.1) is 6.54 Å². The number of rotatable bonds is 6. The van der Waals surface area contributed by atoms with Gasteiger partial charge in [0.2, 0.25) is 5.91 Å². The number of thiophene rings is 1. The average Bonchev–Trinajstić information content (AvgIpc) is 3.08. The number of nitrogens with one attached hydrogen (secondary N) is 3. The fraction of sp³-hybridized carbons (Fsp3) is 0.316. The number of amides is 3. The molecule has 2 rings (SSSR count). The Morgan fingerprint density at radius 2 is 1.62 bits per heavy atom. The Balaban J connectivity index is 1.89. The molecule has 26 heavy (non-hydrogen) atoms. The monoisotopic (exact) mass is 373 g/mol. The molecule has 0 aliphatic rings. The van der Waals surface area contributed by atoms with Gasteiger partial charge in [-0.1, -0.05) is 26.8 Å². The SMILES string of the molecule is CCc1ccc(CNC(=O)C(=O)Nc2cccc(NC(=O)C(C)C)c2)s1. The molecule has 0 aliphatic carbocycles. The summed E-state index contributed by atoms with van der Waals surface area (Å²) in [5.41, 5.74) is 1.00. The smallest absolute Gasteiger partial charge is 0.313 e. The zero-order chi connectivity index (χ0) is 19.1. The highest BCUT2D eigenvalue weighted by Gasteiger charge is 2.14. The topological polar surface area (TPSA) is 87.3 Å². The van der Waals surface area contributed by atoms with Crippen LogP contribution in [-0.2, 0) is 27.3 Å². The van der Waals surface area contributed by atoms with E-state index in [-0.39, 0.29) is 11.8 Å². The van der Waals surface area contributed by atoms with Crippen molar-refractivity contribution in [3.8, 4) is 0 Å². The van der Waals surface area contributed by atoms with Gasteiger partial charge in [0.1, 0.15) is 0 Å². The van der Waals surface area contributed by atoms with Crippen molar-refractivity contribution in [3.63, 3.8) is 0 Å². The number of carbonyl (C=O) groups excluding carboxylic acids is 3. The van der Waals surface area contributed by atoms with Gasteiger partial charge in [0.15, 0.2) is 0 Å². The maximum atomic E-state index is 12.0. The number of benzene rings is 1. The molecule has 0 unspecified atom stereocenters. The molecule has 1 heterocycles. The summed E-state index contributed by atoms with van der Waals surface area (Å²) in [6.07, 6.45) is 0.947. The molecule has 1 aromatic heterocycles. The van der Waals surface area contributed by atoms with Crippen LogP contribution < -0.4 is 16.0 Å². The molecular formula is C19H23N3O3S. The highest BCUT2D eigenvalue weighted by molar-refractivity contribution is 7.11. The molecule has 0 saturated carbocycles. The summed E-state index contributed by atoms with van der Waals surface area (Å²) in [4.78, 5) is 38.0. The lowest BCUT2D eigenvalue weighted by Crippen LogP contribution is -2.34. The summed E-state index contributed by atoms with van der Waals surface area (Å²) < 4.78 is 0. The van der Waals surface area contributed by atoms with E-state index < -0.39 is 11.8 Å². The summed E-state index contributed by atoms with van der Waals surface area (Å²) in [5.74, 6) is -1.71. The lowest BCUT2D eigenvalue weighted by Gasteiger charge is -2.10. The normalized spacial score (nSPS) is 10.5. The van der Waals surface area contributed by atoms with E-state index in [9.17, 15) is 14.4 Å². The van der Waals surface area contributed by atoms with Gasteiger partial charge in [-0.2, -0.15) is 0 Å². The molecule has 0 fully saturated rings. The standard InChI is InChI=1S/C19H23N3O3S/c1-4-15-8-9-16(26-15)11-20-18(24)19(25)22-14-7-5-6-13(10-14)21-17(23)12(2)3/h5-10,12H,4,11H2,1-3H3,(H,20,24)(H,21,23)(H,22,25). The molecular weight excluding hydrogens is 350 g/mol. The van der Waals surface area contributed by atoms with Gasteiger partial charge in [-0.05, 0) is 36.8 Å². The predicted molar refractivity (Wildman–Crippen MR) is 104 cm³/mol. The first-order valence-electron chi connectivity index (χ1n) is 8.46. The zero-order valence-electron chi connectivity index (χ0n) is 15.1. The first kappa shape index (κ1) is 19.7. The van der Waals surface area contributed by atoms with E-state index in [4.69, 9.17) is 0 Å². The van der Waals surface area contributed by atoms with Gasteiger partial charge in [-0.3, -0.25) is 14.4 Å². The lowest BCUT2D eigenvalue weighted by atomic mass is 10.2. The Labute approximate surface area is 157 Å². The van der Waals surface area contributed by atoms with Gasteiger partial charge in [-0.25, -0.2) is 0 Å². The first-order chi connectivity index (χ1) is 12.4. The Hall–Kier alpha value is -2.67. The van der Waals surface area contributed by atoms with Crippen molar-refractivity contribution in [2.75, 3.05) is 10.6 Å². The van der Waals surface area contributed by atoms with Crippen LogP contribution in [0.5, 0.6) is 0 Å². The Kier molecular flexibility index (Phi) is 6.91. The molecule has 0 aliphatic heterocycles. The minimum Gasteiger partial charge on any atom is -0.343 e. The van der Waals surface area contributed by atoms with Crippen molar-refractivity contribution >= 4 is 40.4 Å². The van der Waals surface area contributed by atoms with E-state index >= 15 is 0 Å². The highest BCUT2D eigenvalue weighted by Crippen LogP contribution is 2.17. The van der Waals surface area contributed by atoms with E-state index in [1.807, 2.05) is 12.1 Å². The van der Waals surface area contributed by atoms with Crippen LogP contribution in [0.1, 0.15) is 30.5 Å². The molecule has 3 N–H and O–H groups in total. The third kappa shape index (κ3) is 5.70. The molecule has 2 aromatic rings. The van der Waals surface area contributed by atoms with E-state index in [0.29, 0.717) is 17.9 Å². The van der Waals surface area contributed by atoms with Crippen molar-refractivity contribution in [2.45, 2.75) is 33.7 Å². The van der Waals surface area contributed by atoms with Crippen molar-refractivity contribution in [1.29, 1.82) is 0 Å². The second kappa shape index (κ2) is 9.15. The Morgan fingerprint density at radius 1 is 0.962 bits per heavy atom. The van der Waals surface area contributed by atoms with Crippen LogP contribution in [0.4, 0.5) is 11.4 Å². The number of carbonyl (C=O) groups is 3. The molecule has 0 radical (unpaired) electrons. The Morgan fingerprint density at radius 3 is 2.23 bits per heavy atom. The predicted octanol–water partition coefficient (Wildman–Crippen LogP) is 3.16. The van der Waals surface area contributed by atoms with Crippen LogP contribution in [0.15, 0.2) is 36.4 Å². The van der Waals surface area contributed by atoms with Crippen LogP contribution in [-0.4, -0.2) is 17.7 Å². The fourth-order valence-electron chi connectivity index (χ4n) is 2.10. The van der Waals surface area contributed by atoms with Gasteiger partial charge in [0, 0.05) is 27.0 Å². The molecule has 7 heteroatoms. The quantitative estimate of drug-likeness (QED) is 0.680. The van der Waals surface area contributed by atoms with Crippen molar-refractivity contribution in [2.24, 2.45) is 5.92 Å². The van der Waals surface area contributed by atoms with Crippen molar-refractivity contribution in [3.05, 3.63) is 46.2 Å². The molecule has 0 spiro atoms. The van der Waals surface area contributed by atoms with E-state index in [1.54, 1.807) is 49.4 Å². The van der Waals surface area contributed by atoms with Gasteiger partial charge < -0.3 is 16.0 Å². The lowest BCUT2D eigenvalue weighted by molar-refractivity contribution is -0.136. The van der Waals surface area contributed by atoms with Crippen LogP contribution >= 0.6 is 11.3 Å². The van der Waals surface area contributed by atoms with Crippen molar-refractivity contribution < 1.29 is 14.4 Å². The van der Waals surface area contributed by atoms with Crippen LogP contribution in [0.25, 0.3) is 0 Å². The zero-order valence-corrected chi connectivity index (χ0v) is 15.9. The van der Waals surface area contributed by atoms with Crippen LogP contribution in [0.3, 0.4) is 0 Å². The van der Waals surface area contributed by atoms with Crippen LogP contribution in [0.2, 0.25) is 0 Å². The van der Waals surface area contributed by atoms with Crippen LogP contribution in [0, 0.1) is 5.92 Å². The molecule has 138 valence electrons. The third-order valence-electron chi connectivity index (χ3n) is 3.61. The number of aryl methyl sites for hydroxylation is 1. The summed E-state index contributed by atoms with van der Waals surface area (Å²) in [5, 5.41) is 7.90. The second-order valence-corrected chi connectivity index (χ2v) is 7.34. The molecule has 0 atom stereocenters. The summed E-state index contributed by atoms with van der Waals surface area (Å²) in [6, 6.07) is 10.6. The third-order valence-corrected chi connectivity index (χ3v) is 4.84. The number of hydrogen-bond donors (Lipinski definition) is 3. The minimum atomic E-state index is -0.746. The molecule has 3 amide bonds. The second-order valence-electron chi connectivity index (χ2n) is 6.08. The molecule has 1 aromatic carbocycles. The highest BCUT2D eigenvalue weighted by atomic mass is 32.1. The van der Waals surface area contributed by atoms with Gasteiger partial charge in [-0.15, -0.1) is 11.3 Å². The molecule has 0 bridgehead atoms. The average molecular weight is 373 g/mol. The van der Waals surface area contributed by atoms with E-state index in [1.165, 1.54) is 4.88 Å². The first-order valence-corrected chi connectivity index (χ1v) is 9.28. The van der Waals surface area contributed by atoms with E-state index in [2.05, 4.69) is 22.9 Å². The van der Waals surface area contributed by atoms with Gasteiger partial charge in [0.25, 0.3) is 0 Å². The number of hydrogen-bond acceptors (Lipinski definition) is 4. The summed E-state index contributed by atoms with van der Waals surface area (Å²) >= 11 is 1.61. The fourth-order valence-corrected chi connectivity index (χ4v) is 3.00. The molecule has 6 nitrogen and oxygen atoms in total.